The Morgan fingerprint density at radius 3 is 2.43 bits per heavy atom. The van der Waals surface area contributed by atoms with Gasteiger partial charge in [0.05, 0.1) is 0 Å². The summed E-state index contributed by atoms with van der Waals surface area (Å²) in [5.41, 5.74) is 3.40. The van der Waals surface area contributed by atoms with Gasteiger partial charge in [-0.15, -0.1) is 0 Å². The lowest BCUT2D eigenvalue weighted by atomic mass is 9.97. The van der Waals surface area contributed by atoms with E-state index in [0.29, 0.717) is 5.92 Å². The minimum Gasteiger partial charge on any atom is -0.444 e. The van der Waals surface area contributed by atoms with Crippen molar-refractivity contribution in [1.29, 1.82) is 0 Å². The molecule has 0 aromatic heterocycles. The average Bonchev–Trinajstić information content (AvgIpc) is 2.47. The van der Waals surface area contributed by atoms with Gasteiger partial charge in [0.2, 0.25) is 0 Å². The number of benzene rings is 1. The summed E-state index contributed by atoms with van der Waals surface area (Å²) in [7, 11) is 0. The van der Waals surface area contributed by atoms with Crippen molar-refractivity contribution < 1.29 is 9.53 Å². The summed E-state index contributed by atoms with van der Waals surface area (Å²) < 4.78 is 5.44. The molecular weight excluding hydrogens is 288 g/mol. The molecule has 0 atom stereocenters. The molecule has 1 aromatic carbocycles. The molecule has 23 heavy (non-hydrogen) atoms. The van der Waals surface area contributed by atoms with Gasteiger partial charge in [0, 0.05) is 25.3 Å². The van der Waals surface area contributed by atoms with E-state index >= 15 is 0 Å². The van der Waals surface area contributed by atoms with Gasteiger partial charge >= 0.3 is 6.09 Å². The zero-order chi connectivity index (χ0) is 17.0. The fourth-order valence-corrected chi connectivity index (χ4v) is 2.76. The van der Waals surface area contributed by atoms with Crippen molar-refractivity contribution in [3.63, 3.8) is 0 Å². The molecule has 0 unspecified atom stereocenters. The van der Waals surface area contributed by atoms with E-state index < -0.39 is 5.60 Å². The number of nitrogens with zero attached hydrogens (tertiary/aromatic N) is 1. The molecule has 2 rings (SSSR count). The molecule has 1 aliphatic rings. The van der Waals surface area contributed by atoms with Crippen LogP contribution >= 0.6 is 0 Å². The second kappa shape index (κ2) is 7.24. The Labute approximate surface area is 140 Å². The minimum absolute atomic E-state index is 0.182. The van der Waals surface area contributed by atoms with Gasteiger partial charge < -0.3 is 15.0 Å². The van der Waals surface area contributed by atoms with Crippen molar-refractivity contribution >= 4 is 11.8 Å². The molecule has 1 fully saturated rings. The number of amides is 1. The van der Waals surface area contributed by atoms with Gasteiger partial charge in [-0.1, -0.05) is 6.07 Å². The van der Waals surface area contributed by atoms with Gasteiger partial charge in [-0.25, -0.2) is 4.79 Å². The van der Waals surface area contributed by atoms with Crippen LogP contribution in [0, 0.1) is 19.8 Å². The number of rotatable bonds is 3. The molecule has 1 heterocycles. The number of carbonyl (C=O) groups excluding carboxylic acids is 1. The Morgan fingerprint density at radius 1 is 1.22 bits per heavy atom. The van der Waals surface area contributed by atoms with E-state index in [0.717, 1.165) is 32.5 Å². The Kier molecular flexibility index (Phi) is 5.55. The van der Waals surface area contributed by atoms with Gasteiger partial charge in [-0.3, -0.25) is 0 Å². The fraction of sp³-hybridized carbons (Fsp3) is 0.632. The van der Waals surface area contributed by atoms with Crippen molar-refractivity contribution in [2.45, 2.75) is 53.1 Å². The first-order valence-electron chi connectivity index (χ1n) is 8.53. The minimum atomic E-state index is -0.418. The number of anilines is 1. The molecule has 0 spiro atoms. The highest BCUT2D eigenvalue weighted by molar-refractivity contribution is 5.68. The smallest absolute Gasteiger partial charge is 0.410 e. The number of hydrogen-bond acceptors (Lipinski definition) is 3. The largest absolute Gasteiger partial charge is 0.444 e. The third-order valence-electron chi connectivity index (χ3n) is 4.37. The summed E-state index contributed by atoms with van der Waals surface area (Å²) in [6.45, 7) is 12.5. The van der Waals surface area contributed by atoms with Crippen molar-refractivity contribution in [3.05, 3.63) is 29.3 Å². The standard InChI is InChI=1S/C19H30N2O2/c1-14-6-7-17(12-15(14)2)20-13-16-8-10-21(11-9-16)18(22)23-19(3,4)5/h6-7,12,16,20H,8-11,13H2,1-5H3. The first kappa shape index (κ1) is 17.6. The lowest BCUT2D eigenvalue weighted by molar-refractivity contribution is 0.0188. The molecular formula is C19H30N2O2. The first-order chi connectivity index (χ1) is 10.7. The summed E-state index contributed by atoms with van der Waals surface area (Å²) >= 11 is 0. The highest BCUT2D eigenvalue weighted by atomic mass is 16.6. The lowest BCUT2D eigenvalue weighted by Gasteiger charge is -2.33. The van der Waals surface area contributed by atoms with Gasteiger partial charge in [0.25, 0.3) is 0 Å². The number of likely N-dealkylation sites (tertiary alicyclic amines) is 1. The summed E-state index contributed by atoms with van der Waals surface area (Å²) in [6.07, 6.45) is 1.87. The summed E-state index contributed by atoms with van der Waals surface area (Å²) in [5, 5.41) is 3.53. The second-order valence-corrected chi connectivity index (χ2v) is 7.59. The quantitative estimate of drug-likeness (QED) is 0.900. The topological polar surface area (TPSA) is 41.6 Å². The third kappa shape index (κ3) is 5.45. The van der Waals surface area contributed by atoms with Gasteiger partial charge in [0.15, 0.2) is 0 Å². The zero-order valence-corrected chi connectivity index (χ0v) is 15.1. The molecule has 0 aliphatic carbocycles. The van der Waals surface area contributed by atoms with Crippen LogP contribution in [-0.2, 0) is 4.74 Å². The zero-order valence-electron chi connectivity index (χ0n) is 15.1. The van der Waals surface area contributed by atoms with Crippen molar-refractivity contribution in [2.75, 3.05) is 25.0 Å². The van der Waals surface area contributed by atoms with Crippen LogP contribution in [0.2, 0.25) is 0 Å². The van der Waals surface area contributed by atoms with Crippen LogP contribution in [0.15, 0.2) is 18.2 Å². The number of aryl methyl sites for hydroxylation is 2. The van der Waals surface area contributed by atoms with Crippen LogP contribution in [0.3, 0.4) is 0 Å². The highest BCUT2D eigenvalue weighted by Gasteiger charge is 2.26. The highest BCUT2D eigenvalue weighted by Crippen LogP contribution is 2.21. The number of piperidine rings is 1. The molecule has 1 amide bonds. The predicted octanol–water partition coefficient (Wildman–Crippen LogP) is 4.36. The number of nitrogens with one attached hydrogen (secondary N) is 1. The van der Waals surface area contributed by atoms with Crippen LogP contribution in [-0.4, -0.2) is 36.2 Å². The SMILES string of the molecule is Cc1ccc(NCC2CCN(C(=O)OC(C)(C)C)CC2)cc1C. The molecule has 1 aliphatic heterocycles. The molecule has 1 aromatic rings. The van der Waals surface area contributed by atoms with Gasteiger partial charge in [-0.05, 0) is 76.6 Å². The summed E-state index contributed by atoms with van der Waals surface area (Å²) in [4.78, 5) is 13.9. The number of hydrogen-bond donors (Lipinski definition) is 1. The Morgan fingerprint density at radius 2 is 1.87 bits per heavy atom. The summed E-state index contributed by atoms with van der Waals surface area (Å²) in [6, 6.07) is 6.49. The Hall–Kier alpha value is -1.71. The first-order valence-corrected chi connectivity index (χ1v) is 8.53. The predicted molar refractivity (Wildman–Crippen MR) is 94.9 cm³/mol. The molecule has 4 nitrogen and oxygen atoms in total. The second-order valence-electron chi connectivity index (χ2n) is 7.59. The van der Waals surface area contributed by atoms with E-state index in [9.17, 15) is 4.79 Å². The van der Waals surface area contributed by atoms with E-state index in [1.54, 1.807) is 0 Å². The third-order valence-corrected chi connectivity index (χ3v) is 4.37. The molecule has 1 saturated heterocycles. The Balaban J connectivity index is 1.76. The van der Waals surface area contributed by atoms with Gasteiger partial charge in [-0.2, -0.15) is 0 Å². The average molecular weight is 318 g/mol. The molecule has 0 saturated carbocycles. The van der Waals surface area contributed by atoms with Crippen molar-refractivity contribution in [3.8, 4) is 0 Å². The monoisotopic (exact) mass is 318 g/mol. The maximum absolute atomic E-state index is 12.1. The van der Waals surface area contributed by atoms with Crippen LogP contribution < -0.4 is 5.32 Å². The molecule has 0 radical (unpaired) electrons. The fourth-order valence-electron chi connectivity index (χ4n) is 2.76. The molecule has 1 N–H and O–H groups in total. The van der Waals surface area contributed by atoms with Crippen LogP contribution in [0.1, 0.15) is 44.7 Å². The Bertz CT molecular complexity index is 541. The molecule has 4 heteroatoms. The van der Waals surface area contributed by atoms with Crippen LogP contribution in [0.25, 0.3) is 0 Å². The maximum atomic E-state index is 12.1. The molecule has 0 bridgehead atoms. The lowest BCUT2D eigenvalue weighted by Crippen LogP contribution is -2.42. The van der Waals surface area contributed by atoms with Crippen LogP contribution in [0.4, 0.5) is 10.5 Å². The van der Waals surface area contributed by atoms with Gasteiger partial charge in [0.1, 0.15) is 5.60 Å². The van der Waals surface area contributed by atoms with E-state index in [4.69, 9.17) is 4.74 Å². The number of carbonyl (C=O) groups is 1. The van der Waals surface area contributed by atoms with Crippen molar-refractivity contribution in [1.82, 2.24) is 4.90 Å². The van der Waals surface area contributed by atoms with E-state index in [2.05, 4.69) is 37.4 Å². The maximum Gasteiger partial charge on any atom is 0.410 e. The van der Waals surface area contributed by atoms with E-state index in [-0.39, 0.29) is 6.09 Å². The normalized spacial score (nSPS) is 16.3. The van der Waals surface area contributed by atoms with E-state index in [1.165, 1.54) is 16.8 Å². The molecule has 128 valence electrons. The summed E-state index contributed by atoms with van der Waals surface area (Å²) in [5.74, 6) is 0.607. The number of ether oxygens (including phenoxy) is 1. The van der Waals surface area contributed by atoms with E-state index in [1.807, 2.05) is 25.7 Å². The van der Waals surface area contributed by atoms with Crippen LogP contribution in [0.5, 0.6) is 0 Å². The van der Waals surface area contributed by atoms with Crippen molar-refractivity contribution in [2.24, 2.45) is 5.92 Å².